The molecule has 0 spiro atoms. The molecule has 0 bridgehead atoms. The predicted octanol–water partition coefficient (Wildman–Crippen LogP) is 1.95. The van der Waals surface area contributed by atoms with Crippen LogP contribution in [0.2, 0.25) is 0 Å². The fourth-order valence-electron chi connectivity index (χ4n) is 3.80. The highest BCUT2D eigenvalue weighted by Crippen LogP contribution is 2.31. The SMILES string of the molecule is COc1cccc(N2CC(C(=O)NC3(C(=O)O)CCCCC3)CC2=O)c1. The Bertz CT molecular complexity index is 712. The number of benzene rings is 1. The van der Waals surface area contributed by atoms with E-state index in [4.69, 9.17) is 4.74 Å². The Morgan fingerprint density at radius 3 is 2.65 bits per heavy atom. The Balaban J connectivity index is 1.71. The summed E-state index contributed by atoms with van der Waals surface area (Å²) in [5.41, 5.74) is -0.517. The van der Waals surface area contributed by atoms with Crippen molar-refractivity contribution in [1.29, 1.82) is 0 Å². The van der Waals surface area contributed by atoms with Crippen molar-refractivity contribution in [2.24, 2.45) is 5.92 Å². The maximum absolute atomic E-state index is 12.7. The second-order valence-corrected chi connectivity index (χ2v) is 7.04. The molecule has 2 aliphatic rings. The first-order valence-electron chi connectivity index (χ1n) is 8.95. The lowest BCUT2D eigenvalue weighted by atomic mass is 9.81. The Hall–Kier alpha value is -2.57. The van der Waals surface area contributed by atoms with Gasteiger partial charge in [0.05, 0.1) is 13.0 Å². The number of hydrogen-bond acceptors (Lipinski definition) is 4. The largest absolute Gasteiger partial charge is 0.497 e. The number of nitrogens with one attached hydrogen (secondary N) is 1. The van der Waals surface area contributed by atoms with E-state index in [1.807, 2.05) is 0 Å². The summed E-state index contributed by atoms with van der Waals surface area (Å²) in [5.74, 6) is -1.40. The molecule has 2 amide bonds. The third-order valence-electron chi connectivity index (χ3n) is 5.34. The Kier molecular flexibility index (Phi) is 5.15. The maximum atomic E-state index is 12.7. The van der Waals surface area contributed by atoms with E-state index >= 15 is 0 Å². The molecule has 1 saturated heterocycles. The van der Waals surface area contributed by atoms with E-state index in [1.165, 1.54) is 0 Å². The molecule has 1 unspecified atom stereocenters. The lowest BCUT2D eigenvalue weighted by molar-refractivity contribution is -0.149. The highest BCUT2D eigenvalue weighted by molar-refractivity contribution is 6.01. The number of aliphatic carboxylic acids is 1. The van der Waals surface area contributed by atoms with Crippen LogP contribution in [0.4, 0.5) is 5.69 Å². The number of rotatable bonds is 5. The summed E-state index contributed by atoms with van der Waals surface area (Å²) in [7, 11) is 1.55. The van der Waals surface area contributed by atoms with Crippen molar-refractivity contribution in [1.82, 2.24) is 5.32 Å². The van der Waals surface area contributed by atoms with Crippen molar-refractivity contribution >= 4 is 23.5 Å². The van der Waals surface area contributed by atoms with E-state index in [0.717, 1.165) is 19.3 Å². The molecule has 1 aliphatic carbocycles. The zero-order valence-electron chi connectivity index (χ0n) is 14.9. The van der Waals surface area contributed by atoms with Crippen LogP contribution in [0.5, 0.6) is 5.75 Å². The van der Waals surface area contributed by atoms with E-state index in [1.54, 1.807) is 36.3 Å². The highest BCUT2D eigenvalue weighted by Gasteiger charge is 2.44. The summed E-state index contributed by atoms with van der Waals surface area (Å²) in [6.07, 6.45) is 3.51. The summed E-state index contributed by atoms with van der Waals surface area (Å²) in [5, 5.41) is 12.4. The standard InChI is InChI=1S/C19H24N2O5/c1-26-15-7-5-6-14(11-15)21-12-13(10-16(21)22)17(23)20-19(18(24)25)8-3-2-4-9-19/h5-7,11,13H,2-4,8-10,12H2,1H3,(H,20,23)(H,24,25). The average molecular weight is 360 g/mol. The van der Waals surface area contributed by atoms with Crippen LogP contribution >= 0.6 is 0 Å². The minimum atomic E-state index is -1.19. The number of amides is 2. The minimum Gasteiger partial charge on any atom is -0.497 e. The van der Waals surface area contributed by atoms with Gasteiger partial charge in [-0.05, 0) is 25.0 Å². The number of carboxylic acids is 1. The van der Waals surface area contributed by atoms with Crippen LogP contribution in [0, 0.1) is 5.92 Å². The Morgan fingerprint density at radius 1 is 1.27 bits per heavy atom. The molecule has 0 aromatic heterocycles. The van der Waals surface area contributed by atoms with Gasteiger partial charge in [-0.25, -0.2) is 4.79 Å². The summed E-state index contributed by atoms with van der Waals surface area (Å²) in [4.78, 5) is 38.4. The fraction of sp³-hybridized carbons (Fsp3) is 0.526. The Labute approximate surface area is 152 Å². The minimum absolute atomic E-state index is 0.0821. The van der Waals surface area contributed by atoms with Crippen molar-refractivity contribution in [3.8, 4) is 5.75 Å². The van der Waals surface area contributed by atoms with Gasteiger partial charge in [-0.1, -0.05) is 25.3 Å². The highest BCUT2D eigenvalue weighted by atomic mass is 16.5. The number of carbonyl (C=O) groups is 3. The van der Waals surface area contributed by atoms with Gasteiger partial charge in [0.2, 0.25) is 11.8 Å². The van der Waals surface area contributed by atoms with Crippen molar-refractivity contribution in [2.45, 2.75) is 44.1 Å². The number of carbonyl (C=O) groups excluding carboxylic acids is 2. The number of anilines is 1. The average Bonchev–Trinajstić information content (AvgIpc) is 3.04. The molecule has 0 radical (unpaired) electrons. The van der Waals surface area contributed by atoms with Crippen molar-refractivity contribution in [2.75, 3.05) is 18.6 Å². The van der Waals surface area contributed by atoms with Crippen LogP contribution in [0.25, 0.3) is 0 Å². The van der Waals surface area contributed by atoms with Crippen molar-refractivity contribution in [3.63, 3.8) is 0 Å². The van der Waals surface area contributed by atoms with Crippen LogP contribution in [0.1, 0.15) is 38.5 Å². The molecule has 140 valence electrons. The van der Waals surface area contributed by atoms with E-state index in [-0.39, 0.29) is 24.8 Å². The molecular weight excluding hydrogens is 336 g/mol. The van der Waals surface area contributed by atoms with Gasteiger partial charge in [-0.3, -0.25) is 9.59 Å². The lowest BCUT2D eigenvalue weighted by Crippen LogP contribution is -2.57. The van der Waals surface area contributed by atoms with Crippen LogP contribution in [-0.2, 0) is 14.4 Å². The van der Waals surface area contributed by atoms with Gasteiger partial charge in [0.1, 0.15) is 11.3 Å². The van der Waals surface area contributed by atoms with Gasteiger partial charge in [0, 0.05) is 24.7 Å². The Morgan fingerprint density at radius 2 is 2.00 bits per heavy atom. The number of nitrogens with zero attached hydrogens (tertiary/aromatic N) is 1. The van der Waals surface area contributed by atoms with E-state index < -0.39 is 17.4 Å². The second kappa shape index (κ2) is 7.35. The summed E-state index contributed by atoms with van der Waals surface area (Å²) in [6.45, 7) is 0.244. The van der Waals surface area contributed by atoms with Gasteiger partial charge in [0.15, 0.2) is 0 Å². The molecule has 7 heteroatoms. The van der Waals surface area contributed by atoms with E-state index in [2.05, 4.69) is 5.32 Å². The second-order valence-electron chi connectivity index (χ2n) is 7.04. The molecule has 2 fully saturated rings. The van der Waals surface area contributed by atoms with Gasteiger partial charge in [-0.15, -0.1) is 0 Å². The zero-order chi connectivity index (χ0) is 18.7. The lowest BCUT2D eigenvalue weighted by Gasteiger charge is -2.34. The first-order chi connectivity index (χ1) is 12.4. The summed E-state index contributed by atoms with van der Waals surface area (Å²) in [6, 6.07) is 7.11. The molecule has 1 saturated carbocycles. The molecule has 7 nitrogen and oxygen atoms in total. The molecule has 1 aromatic carbocycles. The van der Waals surface area contributed by atoms with Crippen molar-refractivity contribution < 1.29 is 24.2 Å². The van der Waals surface area contributed by atoms with Crippen LogP contribution in [0.3, 0.4) is 0 Å². The first-order valence-corrected chi connectivity index (χ1v) is 8.95. The number of ether oxygens (including phenoxy) is 1. The molecule has 1 aromatic rings. The quantitative estimate of drug-likeness (QED) is 0.837. The van der Waals surface area contributed by atoms with E-state index in [9.17, 15) is 19.5 Å². The van der Waals surface area contributed by atoms with Crippen molar-refractivity contribution in [3.05, 3.63) is 24.3 Å². The third-order valence-corrected chi connectivity index (χ3v) is 5.34. The molecule has 1 heterocycles. The van der Waals surface area contributed by atoms with Gasteiger partial charge in [0.25, 0.3) is 0 Å². The predicted molar refractivity (Wildman–Crippen MR) is 95.0 cm³/mol. The third kappa shape index (κ3) is 3.52. The topological polar surface area (TPSA) is 95.9 Å². The van der Waals surface area contributed by atoms with Crippen LogP contribution < -0.4 is 15.0 Å². The van der Waals surface area contributed by atoms with Crippen LogP contribution in [-0.4, -0.2) is 42.1 Å². The number of carboxylic acid groups (broad SMARTS) is 1. The molecular formula is C19H24N2O5. The molecule has 2 N–H and O–H groups in total. The van der Waals surface area contributed by atoms with Gasteiger partial charge < -0.3 is 20.1 Å². The molecule has 1 atom stereocenters. The first kappa shape index (κ1) is 18.2. The maximum Gasteiger partial charge on any atom is 0.329 e. The summed E-state index contributed by atoms with van der Waals surface area (Å²) < 4.78 is 5.18. The molecule has 1 aliphatic heterocycles. The zero-order valence-corrected chi connectivity index (χ0v) is 14.9. The number of hydrogen-bond donors (Lipinski definition) is 2. The fourth-order valence-corrected chi connectivity index (χ4v) is 3.80. The normalized spacial score (nSPS) is 22.1. The summed E-state index contributed by atoms with van der Waals surface area (Å²) >= 11 is 0. The molecule has 26 heavy (non-hydrogen) atoms. The van der Waals surface area contributed by atoms with Crippen LogP contribution in [0.15, 0.2) is 24.3 Å². The van der Waals surface area contributed by atoms with Gasteiger partial charge in [-0.2, -0.15) is 0 Å². The number of methoxy groups -OCH3 is 1. The monoisotopic (exact) mass is 360 g/mol. The van der Waals surface area contributed by atoms with Gasteiger partial charge >= 0.3 is 5.97 Å². The molecule has 3 rings (SSSR count). The van der Waals surface area contributed by atoms with E-state index in [0.29, 0.717) is 24.3 Å². The smallest absolute Gasteiger partial charge is 0.329 e.